The van der Waals surface area contributed by atoms with Crippen molar-refractivity contribution in [1.29, 1.82) is 0 Å². The van der Waals surface area contributed by atoms with Crippen LogP contribution in [-0.2, 0) is 16.0 Å². The normalized spacial score (nSPS) is 20.7. The predicted molar refractivity (Wildman–Crippen MR) is 97.8 cm³/mol. The molecule has 0 saturated carbocycles. The van der Waals surface area contributed by atoms with E-state index < -0.39 is 0 Å². The van der Waals surface area contributed by atoms with Gasteiger partial charge in [-0.05, 0) is 18.9 Å². The van der Waals surface area contributed by atoms with Crippen LogP contribution in [0.1, 0.15) is 36.5 Å². The predicted octanol–water partition coefficient (Wildman–Crippen LogP) is 1.79. The minimum atomic E-state index is -0.174. The summed E-state index contributed by atoms with van der Waals surface area (Å²) in [5.41, 5.74) is 0.997. The molecule has 27 heavy (non-hydrogen) atoms. The van der Waals surface area contributed by atoms with Crippen LogP contribution in [0.4, 0.5) is 0 Å². The van der Waals surface area contributed by atoms with Gasteiger partial charge in [0, 0.05) is 44.9 Å². The quantitative estimate of drug-likeness (QED) is 0.822. The van der Waals surface area contributed by atoms with Gasteiger partial charge in [-0.25, -0.2) is 0 Å². The van der Waals surface area contributed by atoms with Crippen LogP contribution in [0.3, 0.4) is 0 Å². The van der Waals surface area contributed by atoms with E-state index in [1.807, 2.05) is 40.1 Å². The molecule has 2 aromatic rings. The molecule has 1 atom stereocenters. The van der Waals surface area contributed by atoms with E-state index in [-0.39, 0.29) is 23.1 Å². The molecule has 1 spiro atoms. The first-order valence-corrected chi connectivity index (χ1v) is 9.34. The van der Waals surface area contributed by atoms with Crippen molar-refractivity contribution in [3.63, 3.8) is 0 Å². The number of nitrogens with zero attached hydrogens (tertiary/aromatic N) is 4. The fourth-order valence-corrected chi connectivity index (χ4v) is 4.27. The van der Waals surface area contributed by atoms with Crippen molar-refractivity contribution in [2.24, 2.45) is 5.41 Å². The van der Waals surface area contributed by atoms with E-state index >= 15 is 0 Å². The van der Waals surface area contributed by atoms with E-state index in [1.165, 1.54) is 5.56 Å². The summed E-state index contributed by atoms with van der Waals surface area (Å²) >= 11 is 0. The van der Waals surface area contributed by atoms with Crippen LogP contribution in [-0.4, -0.2) is 57.9 Å². The number of likely N-dealkylation sites (tertiary alicyclic amines) is 2. The Kier molecular flexibility index (Phi) is 4.45. The van der Waals surface area contributed by atoms with Crippen LogP contribution in [0.25, 0.3) is 0 Å². The lowest BCUT2D eigenvalue weighted by Crippen LogP contribution is -2.61. The number of carbonyl (C=O) groups is 2. The zero-order chi connectivity index (χ0) is 19.0. The molecule has 0 radical (unpaired) electrons. The highest BCUT2D eigenvalue weighted by Gasteiger charge is 2.58. The molecule has 1 aromatic carbocycles. The van der Waals surface area contributed by atoms with Crippen molar-refractivity contribution >= 4 is 11.8 Å². The average Bonchev–Trinajstić information content (AvgIpc) is 3.23. The van der Waals surface area contributed by atoms with E-state index in [1.54, 1.807) is 13.8 Å². The summed E-state index contributed by atoms with van der Waals surface area (Å²) in [5, 5.41) is 3.90. The van der Waals surface area contributed by atoms with Crippen molar-refractivity contribution in [3.05, 3.63) is 47.6 Å². The van der Waals surface area contributed by atoms with Crippen LogP contribution >= 0.6 is 0 Å². The number of hydrogen-bond donors (Lipinski definition) is 0. The zero-order valence-corrected chi connectivity index (χ0v) is 15.7. The third-order valence-electron chi connectivity index (χ3n) is 5.77. The Labute approximate surface area is 158 Å². The summed E-state index contributed by atoms with van der Waals surface area (Å²) in [4.78, 5) is 32.6. The van der Waals surface area contributed by atoms with Crippen molar-refractivity contribution in [2.75, 3.05) is 26.2 Å². The molecule has 2 fully saturated rings. The number of carbonyl (C=O) groups excluding carboxylic acids is 2. The molecule has 2 saturated heterocycles. The second-order valence-electron chi connectivity index (χ2n) is 7.73. The maximum Gasteiger partial charge on any atom is 0.232 e. The molecular weight excluding hydrogens is 344 g/mol. The largest absolute Gasteiger partial charge is 0.341 e. The van der Waals surface area contributed by atoms with Gasteiger partial charge in [-0.1, -0.05) is 35.5 Å². The van der Waals surface area contributed by atoms with E-state index in [0.717, 1.165) is 6.42 Å². The van der Waals surface area contributed by atoms with Gasteiger partial charge in [-0.3, -0.25) is 9.59 Å². The number of rotatable bonds is 4. The lowest BCUT2D eigenvalue weighted by atomic mass is 9.71. The van der Waals surface area contributed by atoms with Crippen LogP contribution in [0.2, 0.25) is 0 Å². The number of amides is 2. The third kappa shape index (κ3) is 3.34. The first-order chi connectivity index (χ1) is 13.0. The highest BCUT2D eigenvalue weighted by molar-refractivity contribution is 5.78. The minimum absolute atomic E-state index is 0.0132. The average molecular weight is 368 g/mol. The SMILES string of the molecule is CC(=O)N1CC(c2nc(C)no2)C2(C1)CN(C(=O)CCc1ccccc1)C2. The monoisotopic (exact) mass is 368 g/mol. The van der Waals surface area contributed by atoms with Gasteiger partial charge in [0.1, 0.15) is 0 Å². The van der Waals surface area contributed by atoms with Crippen LogP contribution in [0.5, 0.6) is 0 Å². The second kappa shape index (κ2) is 6.79. The summed E-state index contributed by atoms with van der Waals surface area (Å²) in [6.45, 7) is 5.85. The highest BCUT2D eigenvalue weighted by Crippen LogP contribution is 2.48. The zero-order valence-electron chi connectivity index (χ0n) is 15.7. The van der Waals surface area contributed by atoms with Gasteiger partial charge in [0.2, 0.25) is 17.7 Å². The van der Waals surface area contributed by atoms with Gasteiger partial charge in [-0.15, -0.1) is 0 Å². The van der Waals surface area contributed by atoms with Gasteiger partial charge < -0.3 is 14.3 Å². The molecule has 1 aromatic heterocycles. The van der Waals surface area contributed by atoms with Gasteiger partial charge in [0.15, 0.2) is 5.82 Å². The number of benzene rings is 1. The Balaban J connectivity index is 1.42. The second-order valence-corrected chi connectivity index (χ2v) is 7.73. The number of aromatic nitrogens is 2. The minimum Gasteiger partial charge on any atom is -0.341 e. The van der Waals surface area contributed by atoms with Crippen molar-refractivity contribution < 1.29 is 14.1 Å². The third-order valence-corrected chi connectivity index (χ3v) is 5.77. The van der Waals surface area contributed by atoms with E-state index in [0.29, 0.717) is 44.3 Å². The van der Waals surface area contributed by atoms with Crippen LogP contribution < -0.4 is 0 Å². The number of hydrogen-bond acceptors (Lipinski definition) is 5. The van der Waals surface area contributed by atoms with Gasteiger partial charge >= 0.3 is 0 Å². The molecule has 2 aliphatic heterocycles. The molecule has 0 bridgehead atoms. The molecule has 2 amide bonds. The fraction of sp³-hybridized carbons (Fsp3) is 0.500. The Morgan fingerprint density at radius 3 is 2.52 bits per heavy atom. The topological polar surface area (TPSA) is 79.5 Å². The van der Waals surface area contributed by atoms with Crippen molar-refractivity contribution in [1.82, 2.24) is 19.9 Å². The molecule has 0 aliphatic carbocycles. The summed E-state index contributed by atoms with van der Waals surface area (Å²) < 4.78 is 5.41. The standard InChI is InChI=1S/C20H24N4O3/c1-14-21-19(27-22-14)17-10-23(15(2)25)11-20(17)12-24(13-20)18(26)9-8-16-6-4-3-5-7-16/h3-7,17H,8-13H2,1-2H3. The van der Waals surface area contributed by atoms with Gasteiger partial charge in [-0.2, -0.15) is 4.98 Å². The lowest BCUT2D eigenvalue weighted by molar-refractivity contribution is -0.144. The molecule has 7 nitrogen and oxygen atoms in total. The Morgan fingerprint density at radius 1 is 1.19 bits per heavy atom. The van der Waals surface area contributed by atoms with Crippen LogP contribution in [0.15, 0.2) is 34.9 Å². The smallest absolute Gasteiger partial charge is 0.232 e. The van der Waals surface area contributed by atoms with E-state index in [2.05, 4.69) is 10.1 Å². The Hall–Kier alpha value is -2.70. The molecule has 4 rings (SSSR count). The van der Waals surface area contributed by atoms with E-state index in [4.69, 9.17) is 4.52 Å². The highest BCUT2D eigenvalue weighted by atomic mass is 16.5. The first-order valence-electron chi connectivity index (χ1n) is 9.34. The summed E-state index contributed by atoms with van der Waals surface area (Å²) in [7, 11) is 0. The molecule has 2 aliphatic rings. The van der Waals surface area contributed by atoms with Gasteiger partial charge in [0.25, 0.3) is 0 Å². The maximum absolute atomic E-state index is 12.6. The molecule has 3 heterocycles. The molecular formula is C20H24N4O3. The number of aryl methyl sites for hydroxylation is 2. The van der Waals surface area contributed by atoms with E-state index in [9.17, 15) is 9.59 Å². The van der Waals surface area contributed by atoms with Crippen molar-refractivity contribution in [3.8, 4) is 0 Å². The van der Waals surface area contributed by atoms with Crippen LogP contribution in [0, 0.1) is 12.3 Å². The molecule has 0 N–H and O–H groups in total. The molecule has 142 valence electrons. The maximum atomic E-state index is 12.6. The molecule has 7 heteroatoms. The van der Waals surface area contributed by atoms with Crippen molar-refractivity contribution in [2.45, 2.75) is 32.6 Å². The lowest BCUT2D eigenvalue weighted by Gasteiger charge is -2.50. The fourth-order valence-electron chi connectivity index (χ4n) is 4.27. The molecule has 1 unspecified atom stereocenters. The Morgan fingerprint density at radius 2 is 1.89 bits per heavy atom. The first kappa shape index (κ1) is 17.7. The summed E-state index contributed by atoms with van der Waals surface area (Å²) in [6.07, 6.45) is 1.25. The Bertz CT molecular complexity index is 842. The summed E-state index contributed by atoms with van der Waals surface area (Å²) in [6, 6.07) is 10.0. The van der Waals surface area contributed by atoms with Gasteiger partial charge in [0.05, 0.1) is 5.92 Å². The summed E-state index contributed by atoms with van der Waals surface area (Å²) in [5.74, 6) is 1.36.